The first-order chi connectivity index (χ1) is 20.8. The molecule has 6 aromatic carbocycles. The molecule has 0 spiro atoms. The van der Waals surface area contributed by atoms with Gasteiger partial charge in [0.05, 0.1) is 15.7 Å². The zero-order valence-electron chi connectivity index (χ0n) is 22.5. The normalized spacial score (nSPS) is 11.8. The molecule has 0 radical (unpaired) electrons. The zero-order chi connectivity index (χ0) is 27.6. The minimum atomic E-state index is 0.943. The molecule has 0 aliphatic heterocycles. The van der Waals surface area contributed by atoms with Crippen molar-refractivity contribution < 1.29 is 0 Å². The molecule has 0 atom stereocenters. The molecule has 0 unspecified atom stereocenters. The Bertz CT molecular complexity index is 2450. The van der Waals surface area contributed by atoms with Crippen LogP contribution in [0.2, 0.25) is 0 Å². The van der Waals surface area contributed by atoms with Crippen LogP contribution in [0, 0.1) is 0 Å². The fourth-order valence-corrected chi connectivity index (χ4v) is 7.61. The smallest absolute Gasteiger partial charge is 0.145 e. The van der Waals surface area contributed by atoms with Gasteiger partial charge >= 0.3 is 0 Å². The molecule has 0 saturated carbocycles. The lowest BCUT2D eigenvalue weighted by atomic mass is 9.99. The Kier molecular flexibility index (Phi) is 5.07. The predicted octanol–water partition coefficient (Wildman–Crippen LogP) is 10.4. The van der Waals surface area contributed by atoms with Gasteiger partial charge in [0.25, 0.3) is 0 Å². The van der Waals surface area contributed by atoms with Gasteiger partial charge in [-0.25, -0.2) is 4.98 Å². The number of benzene rings is 6. The standard InChI is InChI=1S/C38H23N3S/c1-2-9-25(10-3-1)38-40-35-31-13-6-4-11-28(31)29-12-5-7-14-32(29)36(35)41(38)26-19-17-24(18-20-26)27-15-8-16-33-30-21-22-39-23-34(30)42-37(27)33/h1-23H. The van der Waals surface area contributed by atoms with Crippen LogP contribution in [0.5, 0.6) is 0 Å². The number of nitrogens with zero attached hydrogens (tertiary/aromatic N) is 3. The van der Waals surface area contributed by atoms with E-state index in [1.807, 2.05) is 23.7 Å². The molecule has 196 valence electrons. The van der Waals surface area contributed by atoms with Gasteiger partial charge in [-0.2, -0.15) is 0 Å². The van der Waals surface area contributed by atoms with E-state index in [0.717, 1.165) is 28.1 Å². The number of rotatable bonds is 3. The van der Waals surface area contributed by atoms with Crippen molar-refractivity contribution >= 4 is 64.1 Å². The van der Waals surface area contributed by atoms with Crippen molar-refractivity contribution in [1.29, 1.82) is 0 Å². The third kappa shape index (κ3) is 3.39. The second-order valence-electron chi connectivity index (χ2n) is 10.6. The average molecular weight is 554 g/mol. The highest BCUT2D eigenvalue weighted by Crippen LogP contribution is 2.41. The number of imidazole rings is 1. The maximum absolute atomic E-state index is 5.34. The molecule has 0 saturated heterocycles. The van der Waals surface area contributed by atoms with Crippen molar-refractivity contribution in [2.45, 2.75) is 0 Å². The fourth-order valence-electron chi connectivity index (χ4n) is 6.41. The second-order valence-corrected chi connectivity index (χ2v) is 11.7. The molecule has 3 nitrogen and oxygen atoms in total. The molecule has 3 aromatic heterocycles. The van der Waals surface area contributed by atoms with Gasteiger partial charge in [0.15, 0.2) is 0 Å². The minimum absolute atomic E-state index is 0.943. The number of pyridine rings is 1. The van der Waals surface area contributed by atoms with Crippen molar-refractivity contribution in [3.05, 3.63) is 140 Å². The average Bonchev–Trinajstić information content (AvgIpc) is 3.65. The van der Waals surface area contributed by atoms with E-state index in [1.54, 1.807) is 0 Å². The molecule has 0 aliphatic carbocycles. The van der Waals surface area contributed by atoms with Crippen molar-refractivity contribution in [2.75, 3.05) is 0 Å². The Morgan fingerprint density at radius 2 is 1.21 bits per heavy atom. The van der Waals surface area contributed by atoms with Gasteiger partial charge in [0, 0.05) is 49.9 Å². The van der Waals surface area contributed by atoms with Gasteiger partial charge in [-0.1, -0.05) is 109 Å². The van der Waals surface area contributed by atoms with Crippen LogP contribution >= 0.6 is 11.3 Å². The Balaban J connectivity index is 1.31. The highest BCUT2D eigenvalue weighted by atomic mass is 32.1. The van der Waals surface area contributed by atoms with Gasteiger partial charge in [-0.05, 0) is 40.1 Å². The Morgan fingerprint density at radius 1 is 0.524 bits per heavy atom. The summed E-state index contributed by atoms with van der Waals surface area (Å²) in [6.45, 7) is 0. The van der Waals surface area contributed by atoms with Gasteiger partial charge in [-0.15, -0.1) is 11.3 Å². The maximum atomic E-state index is 5.34. The SMILES string of the molecule is c1ccc(-c2nc3c4ccccc4c4ccccc4c3n2-c2ccc(-c3cccc4c3sc3cnccc34)cc2)cc1. The lowest BCUT2D eigenvalue weighted by molar-refractivity contribution is 1.11. The highest BCUT2D eigenvalue weighted by Gasteiger charge is 2.20. The summed E-state index contributed by atoms with van der Waals surface area (Å²) in [4.78, 5) is 9.69. The summed E-state index contributed by atoms with van der Waals surface area (Å²) in [6.07, 6.45) is 3.85. The monoisotopic (exact) mass is 553 g/mol. The molecule has 9 rings (SSSR count). The lowest BCUT2D eigenvalue weighted by Crippen LogP contribution is -1.98. The molecular weight excluding hydrogens is 531 g/mol. The third-order valence-corrected chi connectivity index (χ3v) is 9.49. The maximum Gasteiger partial charge on any atom is 0.145 e. The van der Waals surface area contributed by atoms with Crippen LogP contribution in [0.3, 0.4) is 0 Å². The molecule has 42 heavy (non-hydrogen) atoms. The van der Waals surface area contributed by atoms with Crippen LogP contribution in [0.1, 0.15) is 0 Å². The van der Waals surface area contributed by atoms with Gasteiger partial charge < -0.3 is 0 Å². The summed E-state index contributed by atoms with van der Waals surface area (Å²) >= 11 is 1.81. The van der Waals surface area contributed by atoms with E-state index in [-0.39, 0.29) is 0 Å². The minimum Gasteiger partial charge on any atom is -0.292 e. The predicted molar refractivity (Wildman–Crippen MR) is 178 cm³/mol. The van der Waals surface area contributed by atoms with Crippen LogP contribution in [0.25, 0.3) is 81.0 Å². The molecule has 4 heteroatoms. The van der Waals surface area contributed by atoms with E-state index in [0.29, 0.717) is 0 Å². The summed E-state index contributed by atoms with van der Waals surface area (Å²) in [7, 11) is 0. The number of hydrogen-bond donors (Lipinski definition) is 0. The summed E-state index contributed by atoms with van der Waals surface area (Å²) in [5.74, 6) is 0.943. The Morgan fingerprint density at radius 3 is 2.02 bits per heavy atom. The summed E-state index contributed by atoms with van der Waals surface area (Å²) in [5, 5.41) is 7.39. The Hall–Kier alpha value is -5.32. The van der Waals surface area contributed by atoms with E-state index in [9.17, 15) is 0 Å². The first-order valence-electron chi connectivity index (χ1n) is 14.1. The molecule has 9 aromatic rings. The van der Waals surface area contributed by atoms with E-state index in [1.165, 1.54) is 52.8 Å². The molecule has 0 N–H and O–H groups in total. The lowest BCUT2D eigenvalue weighted by Gasteiger charge is -2.13. The second kappa shape index (κ2) is 9.10. The first-order valence-corrected chi connectivity index (χ1v) is 14.9. The Labute approximate surface area is 246 Å². The van der Waals surface area contributed by atoms with Crippen molar-refractivity contribution in [3.8, 4) is 28.2 Å². The van der Waals surface area contributed by atoms with Crippen molar-refractivity contribution in [2.24, 2.45) is 0 Å². The zero-order valence-corrected chi connectivity index (χ0v) is 23.3. The van der Waals surface area contributed by atoms with E-state index in [2.05, 4.69) is 137 Å². The topological polar surface area (TPSA) is 30.7 Å². The van der Waals surface area contributed by atoms with Crippen LogP contribution in [0.15, 0.2) is 140 Å². The summed E-state index contributed by atoms with van der Waals surface area (Å²) in [6, 6.07) is 45.5. The van der Waals surface area contributed by atoms with Gasteiger partial charge in [-0.3, -0.25) is 9.55 Å². The van der Waals surface area contributed by atoms with Gasteiger partial charge in [0.2, 0.25) is 0 Å². The van der Waals surface area contributed by atoms with Crippen LogP contribution in [-0.4, -0.2) is 14.5 Å². The summed E-state index contributed by atoms with van der Waals surface area (Å²) in [5.41, 5.74) is 6.79. The van der Waals surface area contributed by atoms with E-state index < -0.39 is 0 Å². The summed E-state index contributed by atoms with van der Waals surface area (Å²) < 4.78 is 4.85. The molecule has 0 bridgehead atoms. The van der Waals surface area contributed by atoms with E-state index >= 15 is 0 Å². The number of hydrogen-bond acceptors (Lipinski definition) is 3. The molecule has 0 aliphatic rings. The van der Waals surface area contributed by atoms with Crippen LogP contribution in [-0.2, 0) is 0 Å². The van der Waals surface area contributed by atoms with Crippen molar-refractivity contribution in [3.63, 3.8) is 0 Å². The third-order valence-electron chi connectivity index (χ3n) is 8.30. The number of fused-ring (bicyclic) bond motifs is 9. The molecule has 3 heterocycles. The van der Waals surface area contributed by atoms with Crippen LogP contribution in [0.4, 0.5) is 0 Å². The number of aromatic nitrogens is 3. The number of thiophene rings is 1. The van der Waals surface area contributed by atoms with E-state index in [4.69, 9.17) is 4.98 Å². The van der Waals surface area contributed by atoms with Gasteiger partial charge in [0.1, 0.15) is 5.82 Å². The van der Waals surface area contributed by atoms with Crippen molar-refractivity contribution in [1.82, 2.24) is 14.5 Å². The molecule has 0 amide bonds. The molecule has 0 fully saturated rings. The fraction of sp³-hybridized carbons (Fsp3) is 0. The molecular formula is C38H23N3S. The van der Waals surface area contributed by atoms with Crippen LogP contribution < -0.4 is 0 Å². The highest BCUT2D eigenvalue weighted by molar-refractivity contribution is 7.26. The first kappa shape index (κ1) is 23.4. The quantitative estimate of drug-likeness (QED) is 0.204. The largest absolute Gasteiger partial charge is 0.292 e.